The molecule has 3 rings (SSSR count). The highest BCUT2D eigenvalue weighted by molar-refractivity contribution is 7.89. The van der Waals surface area contributed by atoms with Gasteiger partial charge in [0.05, 0.1) is 29.8 Å². The summed E-state index contributed by atoms with van der Waals surface area (Å²) in [5, 5.41) is 3.05. The van der Waals surface area contributed by atoms with Gasteiger partial charge in [0.15, 0.2) is 11.5 Å². The van der Waals surface area contributed by atoms with Crippen molar-refractivity contribution in [3.63, 3.8) is 0 Å². The molecule has 1 amide bonds. The van der Waals surface area contributed by atoms with Crippen molar-refractivity contribution < 1.29 is 22.7 Å². The van der Waals surface area contributed by atoms with Crippen molar-refractivity contribution in [2.45, 2.75) is 17.4 Å². The number of amides is 1. The summed E-state index contributed by atoms with van der Waals surface area (Å²) in [6, 6.07) is 19.0. The lowest BCUT2D eigenvalue weighted by atomic mass is 10.1. The average molecular weight is 475 g/mol. The van der Waals surface area contributed by atoms with E-state index < -0.39 is 22.0 Å². The number of hydrogen-bond donors (Lipinski definition) is 2. The van der Waals surface area contributed by atoms with E-state index in [2.05, 4.69) is 10.0 Å². The van der Waals surface area contributed by atoms with Crippen molar-refractivity contribution >= 4 is 33.2 Å². The summed E-state index contributed by atoms with van der Waals surface area (Å²) in [6.45, 7) is 0. The highest BCUT2D eigenvalue weighted by Gasteiger charge is 2.27. The van der Waals surface area contributed by atoms with E-state index in [9.17, 15) is 13.2 Å². The summed E-state index contributed by atoms with van der Waals surface area (Å²) in [7, 11) is -1.19. The van der Waals surface area contributed by atoms with Crippen LogP contribution in [0, 0.1) is 0 Å². The Kier molecular flexibility index (Phi) is 7.74. The fourth-order valence-corrected chi connectivity index (χ4v) is 4.45. The van der Waals surface area contributed by atoms with Gasteiger partial charge in [-0.25, -0.2) is 8.42 Å². The molecule has 2 N–H and O–H groups in total. The van der Waals surface area contributed by atoms with Crippen molar-refractivity contribution in [3.05, 3.63) is 83.4 Å². The number of rotatable bonds is 9. The summed E-state index contributed by atoms with van der Waals surface area (Å²) in [6.07, 6.45) is 0.143. The summed E-state index contributed by atoms with van der Waals surface area (Å²) in [5.41, 5.74) is 1.18. The first-order valence-corrected chi connectivity index (χ1v) is 11.5. The lowest BCUT2D eigenvalue weighted by Gasteiger charge is -2.20. The smallest absolute Gasteiger partial charge is 0.242 e. The van der Waals surface area contributed by atoms with Crippen LogP contribution in [0.25, 0.3) is 0 Å². The molecule has 0 aliphatic heterocycles. The molecule has 0 aromatic heterocycles. The van der Waals surface area contributed by atoms with Crippen LogP contribution in [0.2, 0.25) is 5.02 Å². The number of hydrogen-bond acceptors (Lipinski definition) is 5. The predicted octanol–water partition coefficient (Wildman–Crippen LogP) is 3.89. The van der Waals surface area contributed by atoms with Crippen LogP contribution in [-0.4, -0.2) is 34.6 Å². The number of methoxy groups -OCH3 is 2. The van der Waals surface area contributed by atoms with E-state index in [1.807, 2.05) is 30.3 Å². The molecule has 0 saturated carbocycles. The maximum atomic E-state index is 13.1. The van der Waals surface area contributed by atoms with Gasteiger partial charge in [-0.2, -0.15) is 4.72 Å². The molecule has 0 bridgehead atoms. The second-order valence-corrected chi connectivity index (χ2v) is 8.97. The number of carbonyl (C=O) groups is 1. The number of benzene rings is 3. The van der Waals surface area contributed by atoms with Gasteiger partial charge in [-0.15, -0.1) is 0 Å². The fraction of sp³-hybridized carbons (Fsp3) is 0.174. The molecule has 7 nitrogen and oxygen atoms in total. The number of para-hydroxylation sites is 1. The monoisotopic (exact) mass is 474 g/mol. The first kappa shape index (κ1) is 23.6. The molecule has 32 heavy (non-hydrogen) atoms. The van der Waals surface area contributed by atoms with E-state index in [-0.39, 0.29) is 17.1 Å². The van der Waals surface area contributed by atoms with Crippen LogP contribution < -0.4 is 19.5 Å². The van der Waals surface area contributed by atoms with Crippen molar-refractivity contribution in [2.24, 2.45) is 0 Å². The number of anilines is 1. The number of nitrogens with one attached hydrogen (secondary N) is 2. The number of sulfonamides is 1. The highest BCUT2D eigenvalue weighted by Crippen LogP contribution is 2.29. The van der Waals surface area contributed by atoms with Gasteiger partial charge in [0, 0.05) is 6.07 Å². The molecule has 0 aliphatic rings. The van der Waals surface area contributed by atoms with Crippen molar-refractivity contribution in [3.8, 4) is 11.5 Å². The van der Waals surface area contributed by atoms with Crippen LogP contribution in [0.1, 0.15) is 5.56 Å². The Morgan fingerprint density at radius 1 is 0.938 bits per heavy atom. The van der Waals surface area contributed by atoms with Crippen LogP contribution in [-0.2, 0) is 21.2 Å². The maximum Gasteiger partial charge on any atom is 0.242 e. The average Bonchev–Trinajstić information content (AvgIpc) is 2.80. The number of carbonyl (C=O) groups excluding carboxylic acids is 1. The minimum Gasteiger partial charge on any atom is -0.493 e. The second-order valence-electron chi connectivity index (χ2n) is 6.85. The first-order valence-electron chi connectivity index (χ1n) is 9.67. The van der Waals surface area contributed by atoms with E-state index >= 15 is 0 Å². The zero-order valence-corrected chi connectivity index (χ0v) is 19.1. The molecule has 0 heterocycles. The molecule has 0 radical (unpaired) electrons. The van der Waals surface area contributed by atoms with Crippen molar-refractivity contribution in [1.82, 2.24) is 4.72 Å². The van der Waals surface area contributed by atoms with Gasteiger partial charge in [0.2, 0.25) is 15.9 Å². The zero-order chi connectivity index (χ0) is 23.1. The lowest BCUT2D eigenvalue weighted by Crippen LogP contribution is -2.45. The normalized spacial score (nSPS) is 12.1. The molecule has 0 fully saturated rings. The molecule has 0 aliphatic carbocycles. The minimum absolute atomic E-state index is 0.0567. The summed E-state index contributed by atoms with van der Waals surface area (Å²) < 4.78 is 39.1. The van der Waals surface area contributed by atoms with Gasteiger partial charge in [-0.3, -0.25) is 4.79 Å². The largest absolute Gasteiger partial charge is 0.493 e. The van der Waals surface area contributed by atoms with Gasteiger partial charge < -0.3 is 14.8 Å². The minimum atomic E-state index is -4.06. The zero-order valence-electron chi connectivity index (χ0n) is 17.5. The Bertz CT molecular complexity index is 1190. The SMILES string of the molecule is COc1ccc(S(=O)(=O)N[C@@H](Cc2ccccc2)C(=O)Nc2ccccc2Cl)cc1OC. The van der Waals surface area contributed by atoms with Gasteiger partial charge in [-0.1, -0.05) is 54.1 Å². The van der Waals surface area contributed by atoms with E-state index in [0.717, 1.165) is 5.56 Å². The lowest BCUT2D eigenvalue weighted by molar-refractivity contribution is -0.117. The molecular formula is C23H23ClN2O5S. The third-order valence-electron chi connectivity index (χ3n) is 4.69. The van der Waals surface area contributed by atoms with Gasteiger partial charge >= 0.3 is 0 Å². The standard InChI is InChI=1S/C23H23ClN2O5S/c1-30-21-13-12-17(15-22(21)31-2)32(28,29)26-20(14-16-8-4-3-5-9-16)23(27)25-19-11-7-6-10-18(19)24/h3-13,15,20,26H,14H2,1-2H3,(H,25,27)/t20-/m0/s1. The highest BCUT2D eigenvalue weighted by atomic mass is 35.5. The summed E-state index contributed by atoms with van der Waals surface area (Å²) in [4.78, 5) is 13.0. The Labute approximate surface area is 192 Å². The fourth-order valence-electron chi connectivity index (χ4n) is 3.06. The van der Waals surface area contributed by atoms with Crippen LogP contribution in [0.4, 0.5) is 5.69 Å². The Morgan fingerprint density at radius 3 is 2.25 bits per heavy atom. The molecule has 0 spiro atoms. The van der Waals surface area contributed by atoms with E-state index in [1.54, 1.807) is 24.3 Å². The van der Waals surface area contributed by atoms with Crippen LogP contribution in [0.5, 0.6) is 11.5 Å². The van der Waals surface area contributed by atoms with Crippen LogP contribution in [0.15, 0.2) is 77.7 Å². The van der Waals surface area contributed by atoms with Crippen LogP contribution in [0.3, 0.4) is 0 Å². The molecule has 1 atom stereocenters. The van der Waals surface area contributed by atoms with E-state index in [0.29, 0.717) is 16.5 Å². The molecule has 3 aromatic rings. The molecule has 9 heteroatoms. The van der Waals surface area contributed by atoms with E-state index in [1.165, 1.54) is 32.4 Å². The van der Waals surface area contributed by atoms with Gasteiger partial charge in [-0.05, 0) is 36.2 Å². The predicted molar refractivity (Wildman–Crippen MR) is 124 cm³/mol. The molecular weight excluding hydrogens is 452 g/mol. The topological polar surface area (TPSA) is 93.7 Å². The Morgan fingerprint density at radius 2 is 1.59 bits per heavy atom. The molecule has 0 saturated heterocycles. The van der Waals surface area contributed by atoms with Crippen molar-refractivity contribution in [1.29, 1.82) is 0 Å². The number of ether oxygens (including phenoxy) is 2. The van der Waals surface area contributed by atoms with Crippen LogP contribution >= 0.6 is 11.6 Å². The maximum absolute atomic E-state index is 13.1. The summed E-state index contributed by atoms with van der Waals surface area (Å²) in [5.74, 6) is 0.116. The first-order chi connectivity index (χ1) is 15.3. The van der Waals surface area contributed by atoms with Gasteiger partial charge in [0.1, 0.15) is 6.04 Å². The Hall–Kier alpha value is -3.07. The van der Waals surface area contributed by atoms with Crippen molar-refractivity contribution in [2.75, 3.05) is 19.5 Å². The molecule has 0 unspecified atom stereocenters. The molecule has 3 aromatic carbocycles. The third kappa shape index (κ3) is 5.79. The van der Waals surface area contributed by atoms with Gasteiger partial charge in [0.25, 0.3) is 0 Å². The number of halogens is 1. The van der Waals surface area contributed by atoms with E-state index in [4.69, 9.17) is 21.1 Å². The Balaban J connectivity index is 1.90. The second kappa shape index (κ2) is 10.5. The quantitative estimate of drug-likeness (QED) is 0.490. The third-order valence-corrected chi connectivity index (χ3v) is 6.49. The summed E-state index contributed by atoms with van der Waals surface area (Å²) >= 11 is 6.15. The molecule has 168 valence electrons.